The number of hydrogen-bond donors (Lipinski definition) is 2. The maximum atomic E-state index is 11.8. The molecular formula is C15H14INO3. The van der Waals surface area contributed by atoms with Gasteiger partial charge in [-0.3, -0.25) is 4.79 Å². The minimum atomic E-state index is -0.237. The lowest BCUT2D eigenvalue weighted by Gasteiger charge is -2.08. The number of benzene rings is 2. The average molecular weight is 383 g/mol. The van der Waals surface area contributed by atoms with E-state index in [1.807, 2.05) is 24.3 Å². The van der Waals surface area contributed by atoms with Crippen LogP contribution >= 0.6 is 22.6 Å². The minimum absolute atomic E-state index is 0.0516. The summed E-state index contributed by atoms with van der Waals surface area (Å²) in [6, 6.07) is 14.5. The summed E-state index contributed by atoms with van der Waals surface area (Å²) in [7, 11) is 0. The van der Waals surface area contributed by atoms with Crippen molar-refractivity contribution < 1.29 is 14.6 Å². The molecule has 0 spiro atoms. The van der Waals surface area contributed by atoms with Gasteiger partial charge in [0.25, 0.3) is 5.91 Å². The zero-order valence-corrected chi connectivity index (χ0v) is 12.8. The van der Waals surface area contributed by atoms with E-state index in [1.54, 1.807) is 24.3 Å². The number of nitrogens with one attached hydrogen (secondary N) is 1. The molecule has 4 nitrogen and oxygen atoms in total. The largest absolute Gasteiger partial charge is 0.484 e. The molecule has 0 unspecified atom stereocenters. The highest BCUT2D eigenvalue weighted by Crippen LogP contribution is 2.14. The van der Waals surface area contributed by atoms with Crippen molar-refractivity contribution in [2.75, 3.05) is 11.9 Å². The molecule has 0 saturated carbocycles. The van der Waals surface area contributed by atoms with Gasteiger partial charge < -0.3 is 15.2 Å². The van der Waals surface area contributed by atoms with Gasteiger partial charge in [-0.05, 0) is 64.6 Å². The Kier molecular flexibility index (Phi) is 5.37. The number of aliphatic hydroxyl groups is 1. The van der Waals surface area contributed by atoms with Crippen molar-refractivity contribution in [2.24, 2.45) is 0 Å². The number of carbonyl (C=O) groups is 1. The van der Waals surface area contributed by atoms with Crippen LogP contribution in [0.1, 0.15) is 5.56 Å². The number of aliphatic hydroxyl groups excluding tert-OH is 1. The third kappa shape index (κ3) is 4.50. The molecule has 0 fully saturated rings. The molecule has 0 aromatic heterocycles. The molecule has 0 aliphatic carbocycles. The predicted octanol–water partition coefficient (Wildman–Crippen LogP) is 2.80. The van der Waals surface area contributed by atoms with Gasteiger partial charge in [-0.15, -0.1) is 0 Å². The van der Waals surface area contributed by atoms with Gasteiger partial charge >= 0.3 is 0 Å². The van der Waals surface area contributed by atoms with Crippen LogP contribution in [0.2, 0.25) is 0 Å². The Bertz CT molecular complexity index is 584. The Morgan fingerprint density at radius 3 is 2.65 bits per heavy atom. The molecule has 0 saturated heterocycles. The van der Waals surface area contributed by atoms with Crippen molar-refractivity contribution in [3.63, 3.8) is 0 Å². The number of carbonyl (C=O) groups excluding carboxylic acids is 1. The first-order valence-electron chi connectivity index (χ1n) is 6.05. The SMILES string of the molecule is O=C(COc1ccc(I)cc1)Nc1cccc(CO)c1. The van der Waals surface area contributed by atoms with E-state index in [0.29, 0.717) is 11.4 Å². The molecule has 2 aromatic carbocycles. The summed E-state index contributed by atoms with van der Waals surface area (Å²) < 4.78 is 6.50. The molecule has 0 aliphatic heterocycles. The minimum Gasteiger partial charge on any atom is -0.484 e. The number of rotatable bonds is 5. The fourth-order valence-electron chi connectivity index (χ4n) is 1.62. The van der Waals surface area contributed by atoms with E-state index in [2.05, 4.69) is 27.9 Å². The maximum Gasteiger partial charge on any atom is 0.262 e. The van der Waals surface area contributed by atoms with Gasteiger partial charge in [-0.1, -0.05) is 12.1 Å². The second-order valence-electron chi connectivity index (χ2n) is 4.15. The molecule has 0 heterocycles. The summed E-state index contributed by atoms with van der Waals surface area (Å²) in [5.74, 6) is 0.420. The van der Waals surface area contributed by atoms with E-state index in [-0.39, 0.29) is 19.1 Å². The lowest BCUT2D eigenvalue weighted by atomic mass is 10.2. The molecule has 1 amide bonds. The zero-order valence-electron chi connectivity index (χ0n) is 10.7. The van der Waals surface area contributed by atoms with Crippen LogP contribution in [0.15, 0.2) is 48.5 Å². The van der Waals surface area contributed by atoms with Gasteiger partial charge in [-0.25, -0.2) is 0 Å². The van der Waals surface area contributed by atoms with Gasteiger partial charge in [-0.2, -0.15) is 0 Å². The highest BCUT2D eigenvalue weighted by atomic mass is 127. The second-order valence-corrected chi connectivity index (χ2v) is 5.39. The van der Waals surface area contributed by atoms with Gasteiger partial charge in [0.1, 0.15) is 5.75 Å². The summed E-state index contributed by atoms with van der Waals surface area (Å²) in [5, 5.41) is 11.8. The second kappa shape index (κ2) is 7.25. The smallest absolute Gasteiger partial charge is 0.262 e. The van der Waals surface area contributed by atoms with E-state index in [9.17, 15) is 4.79 Å². The van der Waals surface area contributed by atoms with Crippen LogP contribution in [0.25, 0.3) is 0 Å². The van der Waals surface area contributed by atoms with Crippen molar-refractivity contribution >= 4 is 34.2 Å². The van der Waals surface area contributed by atoms with E-state index < -0.39 is 0 Å². The van der Waals surface area contributed by atoms with Gasteiger partial charge in [0.15, 0.2) is 6.61 Å². The third-order valence-corrected chi connectivity index (χ3v) is 3.30. The standard InChI is InChI=1S/C15H14INO3/c16-12-4-6-14(7-5-12)20-10-15(19)17-13-3-1-2-11(8-13)9-18/h1-8,18H,9-10H2,(H,17,19). The fraction of sp³-hybridized carbons (Fsp3) is 0.133. The first-order chi connectivity index (χ1) is 9.67. The molecule has 2 rings (SSSR count). The van der Waals surface area contributed by atoms with E-state index in [4.69, 9.17) is 9.84 Å². The Hall–Kier alpha value is -1.60. The van der Waals surface area contributed by atoms with E-state index in [0.717, 1.165) is 9.13 Å². The maximum absolute atomic E-state index is 11.8. The highest BCUT2D eigenvalue weighted by molar-refractivity contribution is 14.1. The number of anilines is 1. The predicted molar refractivity (Wildman–Crippen MR) is 85.6 cm³/mol. The Labute approximate surface area is 130 Å². The molecular weight excluding hydrogens is 369 g/mol. The summed E-state index contributed by atoms with van der Waals surface area (Å²) in [6.07, 6.45) is 0. The molecule has 20 heavy (non-hydrogen) atoms. The van der Waals surface area contributed by atoms with Crippen LogP contribution < -0.4 is 10.1 Å². The lowest BCUT2D eigenvalue weighted by molar-refractivity contribution is -0.118. The van der Waals surface area contributed by atoms with Crippen LogP contribution in [-0.4, -0.2) is 17.6 Å². The molecule has 0 bridgehead atoms. The van der Waals surface area contributed by atoms with Crippen LogP contribution in [0.3, 0.4) is 0 Å². The van der Waals surface area contributed by atoms with Gasteiger partial charge in [0.2, 0.25) is 0 Å². The molecule has 0 atom stereocenters. The average Bonchev–Trinajstić information content (AvgIpc) is 2.47. The van der Waals surface area contributed by atoms with Crippen LogP contribution in [0.4, 0.5) is 5.69 Å². The van der Waals surface area contributed by atoms with Crippen LogP contribution in [0.5, 0.6) is 5.75 Å². The summed E-state index contributed by atoms with van der Waals surface area (Å²) in [4.78, 5) is 11.8. The summed E-state index contributed by atoms with van der Waals surface area (Å²) in [5.41, 5.74) is 1.40. The summed E-state index contributed by atoms with van der Waals surface area (Å²) in [6.45, 7) is -0.104. The normalized spacial score (nSPS) is 10.1. The quantitative estimate of drug-likeness (QED) is 0.781. The van der Waals surface area contributed by atoms with Crippen molar-refractivity contribution in [2.45, 2.75) is 6.61 Å². The third-order valence-electron chi connectivity index (χ3n) is 2.58. The fourth-order valence-corrected chi connectivity index (χ4v) is 1.98. The number of hydrogen-bond acceptors (Lipinski definition) is 3. The van der Waals surface area contributed by atoms with Crippen molar-refractivity contribution in [3.8, 4) is 5.75 Å². The van der Waals surface area contributed by atoms with Crippen LogP contribution in [-0.2, 0) is 11.4 Å². The topological polar surface area (TPSA) is 58.6 Å². The molecule has 0 aliphatic rings. The Morgan fingerprint density at radius 2 is 1.95 bits per heavy atom. The summed E-state index contributed by atoms with van der Waals surface area (Å²) >= 11 is 2.20. The van der Waals surface area contributed by atoms with Crippen LogP contribution in [0, 0.1) is 3.57 Å². The molecule has 2 aromatic rings. The number of amides is 1. The molecule has 0 radical (unpaired) electrons. The van der Waals surface area contributed by atoms with Gasteiger partial charge in [0, 0.05) is 9.26 Å². The molecule has 104 valence electrons. The number of ether oxygens (including phenoxy) is 1. The number of halogens is 1. The molecule has 5 heteroatoms. The van der Waals surface area contributed by atoms with Crippen molar-refractivity contribution in [3.05, 3.63) is 57.7 Å². The zero-order chi connectivity index (χ0) is 14.4. The van der Waals surface area contributed by atoms with Crippen molar-refractivity contribution in [1.82, 2.24) is 0 Å². The first kappa shape index (κ1) is 14.8. The van der Waals surface area contributed by atoms with E-state index in [1.165, 1.54) is 0 Å². The first-order valence-corrected chi connectivity index (χ1v) is 7.13. The Balaban J connectivity index is 1.87. The highest BCUT2D eigenvalue weighted by Gasteiger charge is 2.04. The van der Waals surface area contributed by atoms with E-state index >= 15 is 0 Å². The monoisotopic (exact) mass is 383 g/mol. The lowest BCUT2D eigenvalue weighted by Crippen LogP contribution is -2.20. The van der Waals surface area contributed by atoms with Gasteiger partial charge in [0.05, 0.1) is 6.61 Å². The molecule has 2 N–H and O–H groups in total. The van der Waals surface area contributed by atoms with Crippen molar-refractivity contribution in [1.29, 1.82) is 0 Å². The Morgan fingerprint density at radius 1 is 1.20 bits per heavy atom.